The van der Waals surface area contributed by atoms with Gasteiger partial charge >= 0.3 is 0 Å². The Morgan fingerprint density at radius 3 is 2.35 bits per heavy atom. The molecule has 2 aliphatic carbocycles. The Hall–Kier alpha value is -1.18. The molecule has 2 rings (SSSR count). The Morgan fingerprint density at radius 1 is 1.00 bits per heavy atom. The van der Waals surface area contributed by atoms with Crippen LogP contribution in [0.3, 0.4) is 0 Å². The van der Waals surface area contributed by atoms with Crippen LogP contribution in [-0.4, -0.2) is 12.2 Å². The monoisotopic (exact) mass is 234 g/mol. The Morgan fingerprint density at radius 2 is 1.71 bits per heavy atom. The maximum absolute atomic E-state index is 5.96. The average Bonchev–Trinajstić information content (AvgIpc) is 2.68. The van der Waals surface area contributed by atoms with Gasteiger partial charge in [0.1, 0.15) is 0 Å². The third kappa shape index (κ3) is 2.74. The molecule has 0 saturated heterocycles. The molecule has 0 heterocycles. The molecule has 0 aliphatic heterocycles. The second-order valence-corrected chi connectivity index (χ2v) is 5.18. The smallest absolute Gasteiger partial charge is 0.164 e. The first-order chi connectivity index (χ1) is 8.08. The van der Waals surface area contributed by atoms with Gasteiger partial charge in [-0.1, -0.05) is 6.08 Å². The lowest BCUT2D eigenvalue weighted by Crippen LogP contribution is -2.14. The Bertz CT molecular complexity index is 384. The zero-order chi connectivity index (χ0) is 12.4. The Balaban J connectivity index is 2.27. The summed E-state index contributed by atoms with van der Waals surface area (Å²) in [5, 5.41) is 0. The van der Waals surface area contributed by atoms with Gasteiger partial charge in [0, 0.05) is 5.57 Å². The first-order valence-corrected chi connectivity index (χ1v) is 6.54. The van der Waals surface area contributed by atoms with Crippen molar-refractivity contribution in [3.05, 3.63) is 34.8 Å². The first-order valence-electron chi connectivity index (χ1n) is 6.54. The fourth-order valence-corrected chi connectivity index (χ4v) is 2.30. The second kappa shape index (κ2) is 4.99. The van der Waals surface area contributed by atoms with E-state index in [2.05, 4.69) is 39.8 Å². The summed E-state index contributed by atoms with van der Waals surface area (Å²) in [7, 11) is 0. The highest BCUT2D eigenvalue weighted by Crippen LogP contribution is 2.38. The number of fused-ring (bicyclic) bond motifs is 1. The maximum atomic E-state index is 5.96. The van der Waals surface area contributed by atoms with Gasteiger partial charge in [-0.3, -0.25) is 0 Å². The van der Waals surface area contributed by atoms with Gasteiger partial charge in [-0.25, -0.2) is 0 Å². The van der Waals surface area contributed by atoms with Crippen molar-refractivity contribution in [3.63, 3.8) is 0 Å². The van der Waals surface area contributed by atoms with Gasteiger partial charge in [-0.15, -0.1) is 0 Å². The molecule has 0 atom stereocenters. The highest BCUT2D eigenvalue weighted by molar-refractivity contribution is 5.48. The van der Waals surface area contributed by atoms with E-state index in [1.807, 2.05) is 0 Å². The predicted molar refractivity (Wildman–Crippen MR) is 69.5 cm³/mol. The molecule has 17 heavy (non-hydrogen) atoms. The molecule has 0 aromatic carbocycles. The molecule has 94 valence electrons. The molecule has 0 amide bonds. The van der Waals surface area contributed by atoms with E-state index in [1.54, 1.807) is 0 Å². The van der Waals surface area contributed by atoms with Crippen LogP contribution >= 0.6 is 0 Å². The Kier molecular flexibility index (Phi) is 3.60. The van der Waals surface area contributed by atoms with Crippen LogP contribution in [-0.2, 0) is 9.47 Å². The standard InChI is InChI=1S/C15H22O2/c1-10(2)16-14-9-8-12-6-5-7-13(12)15(14)17-11(3)4/h6,9-11H,5,7-8H2,1-4H3. The summed E-state index contributed by atoms with van der Waals surface area (Å²) in [5.74, 6) is 1.91. The van der Waals surface area contributed by atoms with Crippen LogP contribution in [0.15, 0.2) is 34.8 Å². The minimum absolute atomic E-state index is 0.191. The van der Waals surface area contributed by atoms with E-state index < -0.39 is 0 Å². The van der Waals surface area contributed by atoms with Gasteiger partial charge in [0.05, 0.1) is 12.2 Å². The normalized spacial score (nSPS) is 19.4. The van der Waals surface area contributed by atoms with Crippen molar-refractivity contribution in [3.8, 4) is 0 Å². The molecule has 2 aliphatic rings. The third-order valence-electron chi connectivity index (χ3n) is 2.89. The van der Waals surface area contributed by atoms with Crippen LogP contribution in [0.2, 0.25) is 0 Å². The largest absolute Gasteiger partial charge is 0.487 e. The highest BCUT2D eigenvalue weighted by Gasteiger charge is 2.26. The van der Waals surface area contributed by atoms with Crippen LogP contribution in [0.1, 0.15) is 47.0 Å². The molecule has 0 aromatic heterocycles. The van der Waals surface area contributed by atoms with Gasteiger partial charge in [-0.2, -0.15) is 0 Å². The number of rotatable bonds is 4. The van der Waals surface area contributed by atoms with Crippen molar-refractivity contribution in [1.82, 2.24) is 0 Å². The van der Waals surface area contributed by atoms with Crippen molar-refractivity contribution in [2.24, 2.45) is 0 Å². The van der Waals surface area contributed by atoms with Crippen LogP contribution < -0.4 is 0 Å². The molecule has 2 nitrogen and oxygen atoms in total. The molecular formula is C15H22O2. The van der Waals surface area contributed by atoms with E-state index in [9.17, 15) is 0 Å². The topological polar surface area (TPSA) is 18.5 Å². The third-order valence-corrected chi connectivity index (χ3v) is 2.89. The molecule has 0 unspecified atom stereocenters. The van der Waals surface area contributed by atoms with Crippen molar-refractivity contribution in [1.29, 1.82) is 0 Å². The van der Waals surface area contributed by atoms with E-state index in [0.717, 1.165) is 30.8 Å². The lowest BCUT2D eigenvalue weighted by molar-refractivity contribution is 0.0878. The van der Waals surface area contributed by atoms with E-state index in [1.165, 1.54) is 11.1 Å². The molecule has 0 aromatic rings. The molecular weight excluding hydrogens is 212 g/mol. The summed E-state index contributed by atoms with van der Waals surface area (Å²) in [6.45, 7) is 8.23. The summed E-state index contributed by atoms with van der Waals surface area (Å²) in [6.07, 6.45) is 8.08. The number of ether oxygens (including phenoxy) is 2. The number of hydrogen-bond donors (Lipinski definition) is 0. The molecule has 0 spiro atoms. The number of allylic oxidation sites excluding steroid dienone is 4. The van der Waals surface area contributed by atoms with Crippen LogP contribution in [0.4, 0.5) is 0 Å². The highest BCUT2D eigenvalue weighted by atomic mass is 16.5. The summed E-state index contributed by atoms with van der Waals surface area (Å²) >= 11 is 0. The maximum Gasteiger partial charge on any atom is 0.164 e. The summed E-state index contributed by atoms with van der Waals surface area (Å²) in [6, 6.07) is 0. The van der Waals surface area contributed by atoms with Crippen molar-refractivity contribution < 1.29 is 9.47 Å². The number of hydrogen-bond acceptors (Lipinski definition) is 2. The summed E-state index contributed by atoms with van der Waals surface area (Å²) in [4.78, 5) is 0. The first kappa shape index (κ1) is 12.3. The summed E-state index contributed by atoms with van der Waals surface area (Å²) in [5.41, 5.74) is 2.79. The SMILES string of the molecule is CC(C)OC1=CCC2=CCCC2=C1OC(C)C. The van der Waals surface area contributed by atoms with Gasteiger partial charge in [0.25, 0.3) is 0 Å². The lowest BCUT2D eigenvalue weighted by atomic mass is 9.98. The van der Waals surface area contributed by atoms with Crippen molar-refractivity contribution in [2.45, 2.75) is 59.2 Å². The van der Waals surface area contributed by atoms with Crippen LogP contribution in [0.5, 0.6) is 0 Å². The minimum Gasteiger partial charge on any atom is -0.487 e. The zero-order valence-electron chi connectivity index (χ0n) is 11.2. The molecule has 0 bridgehead atoms. The molecule has 0 N–H and O–H groups in total. The quantitative estimate of drug-likeness (QED) is 0.729. The molecule has 0 radical (unpaired) electrons. The van der Waals surface area contributed by atoms with E-state index in [-0.39, 0.29) is 12.2 Å². The molecule has 0 fully saturated rings. The predicted octanol–water partition coefficient (Wildman–Crippen LogP) is 4.10. The summed E-state index contributed by atoms with van der Waals surface area (Å²) < 4.78 is 11.8. The van der Waals surface area contributed by atoms with Crippen LogP contribution in [0, 0.1) is 0 Å². The van der Waals surface area contributed by atoms with Crippen molar-refractivity contribution >= 4 is 0 Å². The van der Waals surface area contributed by atoms with Gasteiger partial charge in [0.2, 0.25) is 0 Å². The Labute approximate surface area is 104 Å². The lowest BCUT2D eigenvalue weighted by Gasteiger charge is -2.25. The average molecular weight is 234 g/mol. The van der Waals surface area contributed by atoms with E-state index in [4.69, 9.17) is 9.47 Å². The van der Waals surface area contributed by atoms with Gasteiger partial charge in [0.15, 0.2) is 11.5 Å². The fraction of sp³-hybridized carbons (Fsp3) is 0.600. The van der Waals surface area contributed by atoms with Gasteiger partial charge in [-0.05, 0) is 58.6 Å². The van der Waals surface area contributed by atoms with Crippen LogP contribution in [0.25, 0.3) is 0 Å². The second-order valence-electron chi connectivity index (χ2n) is 5.18. The van der Waals surface area contributed by atoms with Crippen molar-refractivity contribution in [2.75, 3.05) is 0 Å². The zero-order valence-corrected chi connectivity index (χ0v) is 11.2. The molecule has 0 saturated carbocycles. The van der Waals surface area contributed by atoms with E-state index in [0.29, 0.717) is 0 Å². The van der Waals surface area contributed by atoms with Gasteiger partial charge < -0.3 is 9.47 Å². The molecule has 2 heteroatoms. The minimum atomic E-state index is 0.191. The van der Waals surface area contributed by atoms with E-state index >= 15 is 0 Å². The fourth-order valence-electron chi connectivity index (χ4n) is 2.30.